The lowest BCUT2D eigenvalue weighted by Gasteiger charge is -2.20. The van der Waals surface area contributed by atoms with Crippen LogP contribution in [0.15, 0.2) is 473 Å². The van der Waals surface area contributed by atoms with E-state index in [1.807, 2.05) is 0 Å². The predicted octanol–water partition coefficient (Wildman–Crippen LogP) is 33.0. The Kier molecular flexibility index (Phi) is 19.0. The van der Waals surface area contributed by atoms with E-state index in [-0.39, 0.29) is 0 Å². The van der Waals surface area contributed by atoms with E-state index in [4.69, 9.17) is 0 Å². The highest BCUT2D eigenvalue weighted by Crippen LogP contribution is 2.52. The average Bonchev–Trinajstić information content (AvgIpc) is 1.03. The third-order valence-corrected chi connectivity index (χ3v) is 26.3. The minimum Gasteiger partial charge on any atom is -0.0622 e. The van der Waals surface area contributed by atoms with Gasteiger partial charge in [0.15, 0.2) is 0 Å². The van der Waals surface area contributed by atoms with Crippen LogP contribution >= 0.6 is 0 Å². The van der Waals surface area contributed by atoms with Crippen LogP contribution in [-0.2, 0) is 19.3 Å². The summed E-state index contributed by atoms with van der Waals surface area (Å²) in [4.78, 5) is 0. The third kappa shape index (κ3) is 13.8. The predicted molar refractivity (Wildman–Crippen MR) is 531 cm³/mol. The first-order chi connectivity index (χ1) is 62.0. The summed E-state index contributed by atoms with van der Waals surface area (Å²) in [5.74, 6) is 0. The van der Waals surface area contributed by atoms with Crippen molar-refractivity contribution in [1.29, 1.82) is 0 Å². The molecule has 0 aromatic heterocycles. The normalized spacial score (nSPS) is 12.8. The molecule has 0 nitrogen and oxygen atoms in total. The molecule has 0 saturated heterocycles. The van der Waals surface area contributed by atoms with Gasteiger partial charge in [0.2, 0.25) is 0 Å². The quantitative estimate of drug-likeness (QED) is 0.0952. The number of fused-ring (bicyclic) bond motifs is 8. The molecule has 0 saturated carbocycles. The highest BCUT2D eigenvalue weighted by molar-refractivity contribution is 6.23. The van der Waals surface area contributed by atoms with Crippen molar-refractivity contribution >= 4 is 87.3 Å². The highest BCUT2D eigenvalue weighted by Gasteiger charge is 2.30. The first-order valence-electron chi connectivity index (χ1n) is 43.7. The second-order valence-electron chi connectivity index (χ2n) is 33.5. The maximum absolute atomic E-state index is 2.42. The maximum atomic E-state index is 2.42. The molecule has 24 rings (SSSR count). The lowest BCUT2D eigenvalue weighted by Crippen LogP contribution is -1.94. The average molecular weight is 1590 g/mol. The zero-order valence-corrected chi connectivity index (χ0v) is 69.2. The van der Waals surface area contributed by atoms with Crippen LogP contribution in [-0.4, -0.2) is 0 Å². The Balaban J connectivity index is 0.000000146. The Morgan fingerprint density at radius 2 is 0.424 bits per heavy atom. The van der Waals surface area contributed by atoms with Gasteiger partial charge in [0, 0.05) is 0 Å². The number of hydrogen-bond acceptors (Lipinski definition) is 0. The molecule has 0 heterocycles. The van der Waals surface area contributed by atoms with Crippen LogP contribution in [0.4, 0.5) is 0 Å². The monoisotopic (exact) mass is 1580 g/mol. The molecule has 584 valence electrons. The van der Waals surface area contributed by atoms with Crippen LogP contribution < -0.4 is 0 Å². The van der Waals surface area contributed by atoms with E-state index in [9.17, 15) is 0 Å². The van der Waals surface area contributed by atoms with Crippen molar-refractivity contribution in [2.45, 2.75) is 19.3 Å². The number of benzene rings is 21. The second kappa shape index (κ2) is 31.9. The van der Waals surface area contributed by atoms with Crippen LogP contribution in [0.5, 0.6) is 0 Å². The van der Waals surface area contributed by atoms with Crippen LogP contribution in [0, 0.1) is 0 Å². The molecule has 125 heavy (non-hydrogen) atoms. The van der Waals surface area contributed by atoms with Crippen molar-refractivity contribution in [3.05, 3.63) is 540 Å². The van der Waals surface area contributed by atoms with Gasteiger partial charge in [0.1, 0.15) is 0 Å². The number of allylic oxidation sites excluding steroid dienone is 3. The van der Waals surface area contributed by atoms with Gasteiger partial charge in [-0.1, -0.05) is 419 Å². The molecule has 0 atom stereocenters. The molecule has 0 unspecified atom stereocenters. The van der Waals surface area contributed by atoms with Gasteiger partial charge in [-0.2, -0.15) is 0 Å². The summed E-state index contributed by atoms with van der Waals surface area (Å²) in [6.45, 7) is 0. The van der Waals surface area contributed by atoms with Crippen molar-refractivity contribution in [3.8, 4) is 89.0 Å². The highest BCUT2D eigenvalue weighted by atomic mass is 14.3. The fourth-order valence-corrected chi connectivity index (χ4v) is 20.3. The third-order valence-electron chi connectivity index (χ3n) is 26.3. The van der Waals surface area contributed by atoms with Crippen molar-refractivity contribution in [2.24, 2.45) is 0 Å². The summed E-state index contributed by atoms with van der Waals surface area (Å²) in [6, 6.07) is 175. The SMILES string of the molecule is c1ccc(C2=C(c3ccc(-c4c5ccc(-c6ccccc6)cc5c(-c5ccc6ccccc6c5)c5ccc(-c6ccccc6)cc45)cc3)c3ccccc3C2)cc1.c1ccc(C2=C(c3cccc(-c4cccc5cc6c(-c7cccc(C8=C(c9ccccc9)c9cc(-c%10ccccc%10)ccc9C8)c7)cccc6cc45)c3)Cc3ccc(-c4ccccc4)cc32)cc1. The van der Waals surface area contributed by atoms with Crippen LogP contribution in [0.25, 0.3) is 176 Å². The minimum atomic E-state index is 0.898. The number of hydrogen-bond donors (Lipinski definition) is 0. The molecule has 3 aliphatic rings. The Morgan fingerprint density at radius 3 is 0.896 bits per heavy atom. The zero-order valence-electron chi connectivity index (χ0n) is 69.2. The Hall–Kier alpha value is -15.9. The van der Waals surface area contributed by atoms with E-state index < -0.39 is 0 Å². The molecule has 0 heteroatoms. The standard InChI is InChI=1S/C68H46.C57H38/c1-5-17-45(18-6-1)49-33-35-57-43-65(67(63(57)39-49)47-21-9-3-10-22-47)53-27-13-25-51(37-53)59-31-15-29-55-42-62-56(41-61(55)59)30-16-32-60(62)52-26-14-28-54(38-52)66-44-58-36-34-50(46-19-7-2-8-20-46)40-64(58)68(66)48-23-11-4-12-24-48;1-4-14-38(15-5-1)45-31-33-51-53(35-45)56(43-27-25-42(26-28-43)55-49-23-13-12-22-47(49)37-52(55)41-19-8-3-9-20-41)50-32-30-46(39-16-6-2-7-17-39)36-54(50)57(51)48-29-24-40-18-10-11-21-44(40)34-48/h1-42H,43-44H2;1-36H,37H2. The largest absolute Gasteiger partial charge is 0.0622 e. The molecule has 0 amide bonds. The van der Waals surface area contributed by atoms with Crippen molar-refractivity contribution in [2.75, 3.05) is 0 Å². The molecule has 0 fully saturated rings. The van der Waals surface area contributed by atoms with Gasteiger partial charge < -0.3 is 0 Å². The van der Waals surface area contributed by atoms with E-state index in [2.05, 4.69) is 473 Å². The molecule has 0 bridgehead atoms. The fraction of sp³-hybridized carbons (Fsp3) is 0.0240. The lowest BCUT2D eigenvalue weighted by molar-refractivity contribution is 1.32. The lowest BCUT2D eigenvalue weighted by atomic mass is 9.83. The van der Waals surface area contributed by atoms with Crippen LogP contribution in [0.2, 0.25) is 0 Å². The summed E-state index contributed by atoms with van der Waals surface area (Å²) in [5.41, 5.74) is 43.6. The summed E-state index contributed by atoms with van der Waals surface area (Å²) < 4.78 is 0. The molecule has 21 aromatic rings. The summed E-state index contributed by atoms with van der Waals surface area (Å²) >= 11 is 0. The first kappa shape index (κ1) is 74.2. The molecule has 0 N–H and O–H groups in total. The molecule has 3 aliphatic carbocycles. The van der Waals surface area contributed by atoms with E-state index in [1.54, 1.807) is 0 Å². The molecule has 21 aromatic carbocycles. The minimum absolute atomic E-state index is 0.898. The van der Waals surface area contributed by atoms with E-state index in [0.717, 1.165) is 19.3 Å². The van der Waals surface area contributed by atoms with Crippen molar-refractivity contribution < 1.29 is 0 Å². The molecular formula is C125H84. The molecule has 0 aliphatic heterocycles. The summed E-state index contributed by atoms with van der Waals surface area (Å²) in [6.07, 6.45) is 2.74. The van der Waals surface area contributed by atoms with E-state index >= 15 is 0 Å². The second-order valence-corrected chi connectivity index (χ2v) is 33.5. The summed E-state index contributed by atoms with van der Waals surface area (Å²) in [7, 11) is 0. The van der Waals surface area contributed by atoms with Gasteiger partial charge in [-0.15, -0.1) is 0 Å². The van der Waals surface area contributed by atoms with Crippen molar-refractivity contribution in [1.82, 2.24) is 0 Å². The van der Waals surface area contributed by atoms with Gasteiger partial charge in [-0.3, -0.25) is 0 Å². The van der Waals surface area contributed by atoms with Crippen LogP contribution in [0.1, 0.15) is 66.8 Å². The van der Waals surface area contributed by atoms with E-state index in [1.165, 1.54) is 243 Å². The smallest absolute Gasteiger partial charge is 0.000727 e. The summed E-state index contributed by atoms with van der Waals surface area (Å²) in [5, 5.41) is 12.5. The Bertz CT molecular complexity index is 7630. The van der Waals surface area contributed by atoms with Crippen molar-refractivity contribution in [3.63, 3.8) is 0 Å². The Labute approximate surface area is 730 Å². The van der Waals surface area contributed by atoms with Gasteiger partial charge in [0.05, 0.1) is 0 Å². The Morgan fingerprint density at radius 1 is 0.120 bits per heavy atom. The number of rotatable bonds is 14. The fourth-order valence-electron chi connectivity index (χ4n) is 20.3. The van der Waals surface area contributed by atoms with E-state index in [0.29, 0.717) is 0 Å². The van der Waals surface area contributed by atoms with Gasteiger partial charge in [-0.25, -0.2) is 0 Å². The van der Waals surface area contributed by atoms with Gasteiger partial charge in [0.25, 0.3) is 0 Å². The van der Waals surface area contributed by atoms with Gasteiger partial charge in [-0.05, 0) is 317 Å². The molecule has 0 spiro atoms. The first-order valence-corrected chi connectivity index (χ1v) is 43.7. The van der Waals surface area contributed by atoms with Gasteiger partial charge >= 0.3 is 0 Å². The molecular weight excluding hydrogens is 1500 g/mol. The maximum Gasteiger partial charge on any atom is -0.000727 e. The zero-order chi connectivity index (χ0) is 82.7. The van der Waals surface area contributed by atoms with Crippen LogP contribution in [0.3, 0.4) is 0 Å². The topological polar surface area (TPSA) is 0 Å². The molecule has 0 radical (unpaired) electrons.